The van der Waals surface area contributed by atoms with Crippen LogP contribution in [0.25, 0.3) is 0 Å². The molecule has 1 heterocycles. The van der Waals surface area contributed by atoms with Crippen molar-refractivity contribution < 1.29 is 13.6 Å². The summed E-state index contributed by atoms with van der Waals surface area (Å²) in [5.41, 5.74) is 5.97. The van der Waals surface area contributed by atoms with E-state index in [1.165, 1.54) is 12.1 Å². The Kier molecular flexibility index (Phi) is 4.70. The molecule has 5 heteroatoms. The van der Waals surface area contributed by atoms with Gasteiger partial charge in [0.05, 0.1) is 6.42 Å². The third-order valence-corrected chi connectivity index (χ3v) is 4.03. The summed E-state index contributed by atoms with van der Waals surface area (Å²) >= 11 is 0. The molecule has 1 aromatic carbocycles. The molecule has 1 fully saturated rings. The molecule has 1 amide bonds. The number of nitrogens with two attached hydrogens (primary N) is 1. The number of likely N-dealkylation sites (tertiary alicyclic amines) is 1. The molecule has 1 aliphatic rings. The maximum atomic E-state index is 13.6. The van der Waals surface area contributed by atoms with Gasteiger partial charge in [0.2, 0.25) is 5.91 Å². The molecule has 0 bridgehead atoms. The lowest BCUT2D eigenvalue weighted by atomic mass is 9.90. The largest absolute Gasteiger partial charge is 0.338 e. The van der Waals surface area contributed by atoms with Crippen LogP contribution < -0.4 is 5.73 Å². The van der Waals surface area contributed by atoms with E-state index in [0.717, 1.165) is 18.9 Å². The van der Waals surface area contributed by atoms with Gasteiger partial charge < -0.3 is 10.6 Å². The lowest BCUT2D eigenvalue weighted by Gasteiger charge is -2.39. The first-order chi connectivity index (χ1) is 9.52. The molecule has 0 aromatic heterocycles. The van der Waals surface area contributed by atoms with Gasteiger partial charge in [-0.3, -0.25) is 4.79 Å². The second-order valence-corrected chi connectivity index (χ2v) is 5.42. The quantitative estimate of drug-likeness (QED) is 0.922. The Balaban J connectivity index is 2.10. The van der Waals surface area contributed by atoms with Crippen molar-refractivity contribution in [3.05, 3.63) is 35.4 Å². The number of carbonyl (C=O) groups is 1. The van der Waals surface area contributed by atoms with Gasteiger partial charge in [-0.1, -0.05) is 13.0 Å². The van der Waals surface area contributed by atoms with Gasteiger partial charge in [0, 0.05) is 25.2 Å². The molecule has 1 aromatic rings. The van der Waals surface area contributed by atoms with E-state index >= 15 is 0 Å². The molecule has 20 heavy (non-hydrogen) atoms. The highest BCUT2D eigenvalue weighted by atomic mass is 19.1. The van der Waals surface area contributed by atoms with Crippen LogP contribution in [0.3, 0.4) is 0 Å². The number of amides is 1. The Hall–Kier alpha value is -1.49. The van der Waals surface area contributed by atoms with E-state index in [0.29, 0.717) is 19.0 Å². The number of hydrogen-bond donors (Lipinski definition) is 1. The fourth-order valence-electron chi connectivity index (χ4n) is 2.85. The standard InChI is InChI=1S/C15H20F2N2O/c1-10-3-2-6-19(14(10)9-18)15(20)7-11-4-5-12(16)8-13(11)17/h4-5,8,10,14H,2-3,6-7,9,18H2,1H3/t10-,14+/m1/s1. The average molecular weight is 282 g/mol. The maximum Gasteiger partial charge on any atom is 0.227 e. The molecule has 0 radical (unpaired) electrons. The molecule has 2 N–H and O–H groups in total. The highest BCUT2D eigenvalue weighted by Gasteiger charge is 2.30. The van der Waals surface area contributed by atoms with E-state index in [9.17, 15) is 13.6 Å². The summed E-state index contributed by atoms with van der Waals surface area (Å²) in [4.78, 5) is 14.1. The maximum absolute atomic E-state index is 13.6. The number of rotatable bonds is 3. The van der Waals surface area contributed by atoms with Crippen molar-refractivity contribution in [1.29, 1.82) is 0 Å². The zero-order valence-corrected chi connectivity index (χ0v) is 11.6. The summed E-state index contributed by atoms with van der Waals surface area (Å²) in [7, 11) is 0. The predicted octanol–water partition coefficient (Wildman–Crippen LogP) is 2.09. The molecule has 0 saturated carbocycles. The van der Waals surface area contributed by atoms with E-state index in [-0.39, 0.29) is 23.9 Å². The third kappa shape index (κ3) is 3.15. The minimum atomic E-state index is -0.673. The summed E-state index contributed by atoms with van der Waals surface area (Å²) in [5.74, 6) is -1.09. The molecule has 1 aliphatic heterocycles. The lowest BCUT2D eigenvalue weighted by Crippen LogP contribution is -2.51. The number of halogens is 2. The van der Waals surface area contributed by atoms with Gasteiger partial charge in [0.25, 0.3) is 0 Å². The highest BCUT2D eigenvalue weighted by molar-refractivity contribution is 5.79. The van der Waals surface area contributed by atoms with Crippen LogP contribution >= 0.6 is 0 Å². The van der Waals surface area contributed by atoms with Crippen molar-refractivity contribution in [2.45, 2.75) is 32.2 Å². The molecule has 3 nitrogen and oxygen atoms in total. The molecule has 110 valence electrons. The lowest BCUT2D eigenvalue weighted by molar-refractivity contribution is -0.135. The Morgan fingerprint density at radius 2 is 2.20 bits per heavy atom. The Bertz CT molecular complexity index is 493. The summed E-state index contributed by atoms with van der Waals surface area (Å²) in [6, 6.07) is 3.32. The first kappa shape index (κ1) is 14.9. The zero-order chi connectivity index (χ0) is 14.7. The van der Waals surface area contributed by atoms with Gasteiger partial charge in [-0.25, -0.2) is 8.78 Å². The molecule has 0 aliphatic carbocycles. The van der Waals surface area contributed by atoms with Gasteiger partial charge in [0.15, 0.2) is 0 Å². The smallest absolute Gasteiger partial charge is 0.227 e. The van der Waals surface area contributed by atoms with Crippen LogP contribution in [0.2, 0.25) is 0 Å². The van der Waals surface area contributed by atoms with Crippen LogP contribution in [-0.4, -0.2) is 29.9 Å². The van der Waals surface area contributed by atoms with Gasteiger partial charge in [-0.05, 0) is 30.4 Å². The molecule has 0 spiro atoms. The summed E-state index contributed by atoms with van der Waals surface area (Å²) in [5, 5.41) is 0. The van der Waals surface area contributed by atoms with Crippen molar-refractivity contribution in [2.24, 2.45) is 11.7 Å². The normalized spacial score (nSPS) is 22.9. The number of benzene rings is 1. The van der Waals surface area contributed by atoms with Crippen LogP contribution in [0.5, 0.6) is 0 Å². The average Bonchev–Trinajstić information content (AvgIpc) is 2.41. The molecular weight excluding hydrogens is 262 g/mol. The number of nitrogens with zero attached hydrogens (tertiary/aromatic N) is 1. The third-order valence-electron chi connectivity index (χ3n) is 4.03. The van der Waals surface area contributed by atoms with E-state index in [4.69, 9.17) is 5.73 Å². The Morgan fingerprint density at radius 1 is 1.45 bits per heavy atom. The van der Waals surface area contributed by atoms with Crippen LogP contribution in [0.15, 0.2) is 18.2 Å². The zero-order valence-electron chi connectivity index (χ0n) is 11.6. The van der Waals surface area contributed by atoms with Crippen LogP contribution in [0, 0.1) is 17.6 Å². The van der Waals surface area contributed by atoms with Crippen molar-refractivity contribution in [1.82, 2.24) is 4.90 Å². The van der Waals surface area contributed by atoms with Gasteiger partial charge in [0.1, 0.15) is 11.6 Å². The topological polar surface area (TPSA) is 46.3 Å². The summed E-state index contributed by atoms with van der Waals surface area (Å²) < 4.78 is 26.5. The summed E-state index contributed by atoms with van der Waals surface area (Å²) in [6.45, 7) is 3.15. The second-order valence-electron chi connectivity index (χ2n) is 5.42. The monoisotopic (exact) mass is 282 g/mol. The fourth-order valence-corrected chi connectivity index (χ4v) is 2.85. The molecule has 0 unspecified atom stereocenters. The minimum Gasteiger partial charge on any atom is -0.338 e. The van der Waals surface area contributed by atoms with Crippen LogP contribution in [-0.2, 0) is 11.2 Å². The Morgan fingerprint density at radius 3 is 2.85 bits per heavy atom. The van der Waals surface area contributed by atoms with Crippen molar-refractivity contribution >= 4 is 5.91 Å². The second kappa shape index (κ2) is 6.31. The Labute approximate surface area is 117 Å². The van der Waals surface area contributed by atoms with Gasteiger partial charge in [-0.15, -0.1) is 0 Å². The number of carbonyl (C=O) groups excluding carboxylic acids is 1. The van der Waals surface area contributed by atoms with Crippen molar-refractivity contribution in [3.63, 3.8) is 0 Å². The van der Waals surface area contributed by atoms with Crippen molar-refractivity contribution in [2.75, 3.05) is 13.1 Å². The number of piperidine rings is 1. The fraction of sp³-hybridized carbons (Fsp3) is 0.533. The number of hydrogen-bond acceptors (Lipinski definition) is 2. The van der Waals surface area contributed by atoms with Crippen LogP contribution in [0.4, 0.5) is 8.78 Å². The highest BCUT2D eigenvalue weighted by Crippen LogP contribution is 2.23. The summed E-state index contributed by atoms with van der Waals surface area (Å²) in [6.07, 6.45) is 1.95. The molecule has 1 saturated heterocycles. The van der Waals surface area contributed by atoms with E-state index in [1.807, 2.05) is 0 Å². The van der Waals surface area contributed by atoms with Gasteiger partial charge >= 0.3 is 0 Å². The molecule has 2 rings (SSSR count). The van der Waals surface area contributed by atoms with E-state index in [2.05, 4.69) is 6.92 Å². The SMILES string of the molecule is C[C@@H]1CCCN(C(=O)Cc2ccc(F)cc2F)[C@H]1CN. The van der Waals surface area contributed by atoms with E-state index < -0.39 is 11.6 Å². The first-order valence-electron chi connectivity index (χ1n) is 6.96. The van der Waals surface area contributed by atoms with Crippen molar-refractivity contribution in [3.8, 4) is 0 Å². The predicted molar refractivity (Wildman–Crippen MR) is 73.0 cm³/mol. The van der Waals surface area contributed by atoms with Gasteiger partial charge in [-0.2, -0.15) is 0 Å². The minimum absolute atomic E-state index is 0.0137. The van der Waals surface area contributed by atoms with Crippen LogP contribution in [0.1, 0.15) is 25.3 Å². The first-order valence-corrected chi connectivity index (χ1v) is 6.96. The molecular formula is C15H20F2N2O. The van der Waals surface area contributed by atoms with E-state index in [1.54, 1.807) is 4.90 Å². The molecule has 2 atom stereocenters.